The Hall–Kier alpha value is 0.200. The van der Waals surface area contributed by atoms with Crippen molar-refractivity contribution in [3.8, 4) is 0 Å². The quantitative estimate of drug-likeness (QED) is 0.525. The third-order valence-electron chi connectivity index (χ3n) is 1.87. The van der Waals surface area contributed by atoms with Gasteiger partial charge in [-0.2, -0.15) is 11.8 Å². The van der Waals surface area contributed by atoms with Crippen molar-refractivity contribution in [2.75, 3.05) is 25.1 Å². The average Bonchev–Trinajstić information content (AvgIpc) is 2.03. The van der Waals surface area contributed by atoms with E-state index in [1.54, 1.807) is 0 Å². The van der Waals surface area contributed by atoms with Gasteiger partial charge in [-0.1, -0.05) is 19.1 Å². The van der Waals surface area contributed by atoms with Crippen molar-refractivity contribution in [2.24, 2.45) is 5.73 Å². The number of thioether (sulfide) groups is 1. The van der Waals surface area contributed by atoms with Crippen molar-refractivity contribution >= 4 is 29.0 Å². The predicted molar refractivity (Wildman–Crippen MR) is 61.9 cm³/mol. The molecular formula is C8H18N2S2. The molecule has 0 aromatic rings. The molecule has 0 saturated heterocycles. The van der Waals surface area contributed by atoms with Gasteiger partial charge in [-0.25, -0.2) is 0 Å². The summed E-state index contributed by atoms with van der Waals surface area (Å²) in [6.45, 7) is 5.26. The Labute approximate surface area is 84.9 Å². The van der Waals surface area contributed by atoms with Crippen LogP contribution in [0.5, 0.6) is 0 Å². The van der Waals surface area contributed by atoms with E-state index < -0.39 is 0 Å². The van der Waals surface area contributed by atoms with Crippen LogP contribution in [0.2, 0.25) is 0 Å². The first-order valence-corrected chi connectivity index (χ1v) is 5.73. The average molecular weight is 206 g/mol. The van der Waals surface area contributed by atoms with E-state index in [0.29, 0.717) is 4.99 Å². The second-order valence-electron chi connectivity index (χ2n) is 2.76. The zero-order valence-electron chi connectivity index (χ0n) is 8.04. The number of rotatable bonds is 6. The van der Waals surface area contributed by atoms with E-state index >= 15 is 0 Å². The van der Waals surface area contributed by atoms with Crippen molar-refractivity contribution in [3.63, 3.8) is 0 Å². The van der Waals surface area contributed by atoms with Gasteiger partial charge in [0.2, 0.25) is 0 Å². The van der Waals surface area contributed by atoms with Gasteiger partial charge in [-0.05, 0) is 19.7 Å². The van der Waals surface area contributed by atoms with E-state index in [0.717, 1.165) is 12.3 Å². The zero-order valence-corrected chi connectivity index (χ0v) is 9.67. The molecule has 0 radical (unpaired) electrons. The maximum Gasteiger partial charge on any atom is 0.0899 e. The Morgan fingerprint density at radius 2 is 2.25 bits per heavy atom. The van der Waals surface area contributed by atoms with Gasteiger partial charge >= 0.3 is 0 Å². The summed E-state index contributed by atoms with van der Waals surface area (Å²) in [6, 6.07) is 0.220. The van der Waals surface area contributed by atoms with Gasteiger partial charge < -0.3 is 5.73 Å². The molecule has 0 aliphatic rings. The molecule has 0 aromatic carbocycles. The lowest BCUT2D eigenvalue weighted by atomic mass is 10.3. The van der Waals surface area contributed by atoms with E-state index in [9.17, 15) is 0 Å². The first-order valence-electron chi connectivity index (χ1n) is 4.16. The van der Waals surface area contributed by atoms with E-state index in [1.165, 1.54) is 5.75 Å². The molecule has 0 amide bonds. The van der Waals surface area contributed by atoms with Crippen LogP contribution < -0.4 is 5.73 Å². The largest absolute Gasteiger partial charge is 0.392 e. The fraction of sp³-hybridized carbons (Fsp3) is 0.875. The van der Waals surface area contributed by atoms with Gasteiger partial charge in [0.25, 0.3) is 0 Å². The molecule has 0 spiro atoms. The Morgan fingerprint density at radius 3 is 2.67 bits per heavy atom. The highest BCUT2D eigenvalue weighted by Crippen LogP contribution is 2.01. The van der Waals surface area contributed by atoms with Crippen molar-refractivity contribution in [3.05, 3.63) is 0 Å². The Bertz CT molecular complexity index is 139. The molecule has 2 N–H and O–H groups in total. The van der Waals surface area contributed by atoms with Gasteiger partial charge in [-0.3, -0.25) is 4.90 Å². The van der Waals surface area contributed by atoms with Crippen LogP contribution in [0.4, 0.5) is 0 Å². The minimum atomic E-state index is 0.220. The van der Waals surface area contributed by atoms with E-state index in [1.807, 2.05) is 18.7 Å². The lowest BCUT2D eigenvalue weighted by Crippen LogP contribution is -2.40. The fourth-order valence-electron chi connectivity index (χ4n) is 0.764. The number of thiocarbonyl (C=S) groups is 1. The first kappa shape index (κ1) is 12.2. The molecule has 2 nitrogen and oxygen atoms in total. The summed E-state index contributed by atoms with van der Waals surface area (Å²) in [7, 11) is 2.06. The molecule has 72 valence electrons. The highest BCUT2D eigenvalue weighted by molar-refractivity contribution is 7.99. The minimum absolute atomic E-state index is 0.220. The Balaban J connectivity index is 3.56. The second-order valence-corrected chi connectivity index (χ2v) is 4.62. The van der Waals surface area contributed by atoms with Crippen LogP contribution in [0, 0.1) is 0 Å². The molecule has 4 heteroatoms. The molecule has 0 aromatic heterocycles. The minimum Gasteiger partial charge on any atom is -0.392 e. The molecule has 0 fully saturated rings. The van der Waals surface area contributed by atoms with E-state index in [2.05, 4.69) is 18.9 Å². The Kier molecular flexibility index (Phi) is 6.80. The molecule has 0 aliphatic heterocycles. The van der Waals surface area contributed by atoms with Crippen LogP contribution in [-0.4, -0.2) is 41.0 Å². The van der Waals surface area contributed by atoms with Gasteiger partial charge in [-0.15, -0.1) is 0 Å². The molecule has 0 rings (SSSR count). The van der Waals surface area contributed by atoms with Crippen molar-refractivity contribution in [1.82, 2.24) is 4.90 Å². The highest BCUT2D eigenvalue weighted by atomic mass is 32.2. The summed E-state index contributed by atoms with van der Waals surface area (Å²) < 4.78 is 0. The van der Waals surface area contributed by atoms with Crippen LogP contribution >= 0.6 is 24.0 Å². The van der Waals surface area contributed by atoms with Crippen molar-refractivity contribution in [1.29, 1.82) is 0 Å². The van der Waals surface area contributed by atoms with E-state index in [-0.39, 0.29) is 6.04 Å². The van der Waals surface area contributed by atoms with Gasteiger partial charge in [0.1, 0.15) is 0 Å². The smallest absolute Gasteiger partial charge is 0.0899 e. The summed E-state index contributed by atoms with van der Waals surface area (Å²) in [4.78, 5) is 2.77. The number of hydrogen-bond acceptors (Lipinski definition) is 3. The number of nitrogens with two attached hydrogens (primary N) is 1. The van der Waals surface area contributed by atoms with Crippen molar-refractivity contribution < 1.29 is 0 Å². The summed E-state index contributed by atoms with van der Waals surface area (Å²) in [5.74, 6) is 2.33. The topological polar surface area (TPSA) is 29.3 Å². The summed E-state index contributed by atoms with van der Waals surface area (Å²) in [6.07, 6.45) is 0. The molecule has 1 atom stereocenters. The third kappa shape index (κ3) is 4.95. The lowest BCUT2D eigenvalue weighted by molar-refractivity contribution is 0.332. The standard InChI is InChI=1S/C8H18N2S2/c1-4-12-6-5-10(3)7(2)8(9)11/h7H,4-6H2,1-3H3,(H2,9,11). The molecular weight excluding hydrogens is 188 g/mol. The van der Waals surface area contributed by atoms with Crippen LogP contribution in [0.3, 0.4) is 0 Å². The molecule has 12 heavy (non-hydrogen) atoms. The molecule has 0 aliphatic carbocycles. The van der Waals surface area contributed by atoms with Crippen LogP contribution in [0.1, 0.15) is 13.8 Å². The maximum absolute atomic E-state index is 5.52. The lowest BCUT2D eigenvalue weighted by Gasteiger charge is -2.23. The second kappa shape index (κ2) is 6.69. The van der Waals surface area contributed by atoms with Crippen molar-refractivity contribution in [2.45, 2.75) is 19.9 Å². The van der Waals surface area contributed by atoms with Gasteiger partial charge in [0.05, 0.1) is 11.0 Å². The number of nitrogens with zero attached hydrogens (tertiary/aromatic N) is 1. The zero-order chi connectivity index (χ0) is 9.56. The highest BCUT2D eigenvalue weighted by Gasteiger charge is 2.10. The molecule has 0 bridgehead atoms. The van der Waals surface area contributed by atoms with Crippen LogP contribution in [-0.2, 0) is 0 Å². The maximum atomic E-state index is 5.52. The third-order valence-corrected chi connectivity index (χ3v) is 3.09. The molecule has 0 saturated carbocycles. The predicted octanol–water partition coefficient (Wildman–Crippen LogP) is 1.35. The number of hydrogen-bond donors (Lipinski definition) is 1. The summed E-state index contributed by atoms with van der Waals surface area (Å²) in [5, 5.41) is 0. The Morgan fingerprint density at radius 1 is 1.67 bits per heavy atom. The van der Waals surface area contributed by atoms with Crippen LogP contribution in [0.15, 0.2) is 0 Å². The monoisotopic (exact) mass is 206 g/mol. The summed E-state index contributed by atoms with van der Waals surface area (Å²) in [5.41, 5.74) is 5.52. The molecule has 0 heterocycles. The fourth-order valence-corrected chi connectivity index (χ4v) is 1.65. The van der Waals surface area contributed by atoms with Crippen LogP contribution in [0.25, 0.3) is 0 Å². The number of likely N-dealkylation sites (N-methyl/N-ethyl adjacent to an activating group) is 1. The SMILES string of the molecule is CCSCCN(C)C(C)C(N)=S. The van der Waals surface area contributed by atoms with E-state index in [4.69, 9.17) is 18.0 Å². The normalized spacial score (nSPS) is 13.3. The van der Waals surface area contributed by atoms with Gasteiger partial charge in [0.15, 0.2) is 0 Å². The summed E-state index contributed by atoms with van der Waals surface area (Å²) >= 11 is 6.84. The first-order chi connectivity index (χ1) is 5.59. The molecule has 1 unspecified atom stereocenters. The van der Waals surface area contributed by atoms with Gasteiger partial charge in [0, 0.05) is 12.3 Å².